The van der Waals surface area contributed by atoms with Gasteiger partial charge in [0.15, 0.2) is 23.3 Å². The Balaban J connectivity index is 1.63. The van der Waals surface area contributed by atoms with Gasteiger partial charge in [-0.25, -0.2) is 27.9 Å². The smallest absolute Gasteiger partial charge is 0.332 e. The molecule has 1 N–H and O–H groups in total. The van der Waals surface area contributed by atoms with Crippen LogP contribution in [0.5, 0.6) is 5.75 Å². The van der Waals surface area contributed by atoms with Crippen molar-refractivity contribution in [1.82, 2.24) is 28.9 Å². The Kier molecular flexibility index (Phi) is 6.56. The van der Waals surface area contributed by atoms with Crippen molar-refractivity contribution in [2.45, 2.75) is 19.5 Å². The molecule has 0 atom stereocenters. The molecule has 15 heteroatoms. The van der Waals surface area contributed by atoms with Gasteiger partial charge in [0, 0.05) is 12.6 Å². The van der Waals surface area contributed by atoms with Gasteiger partial charge in [0.1, 0.15) is 17.5 Å². The van der Waals surface area contributed by atoms with Crippen LogP contribution < -0.4 is 21.3 Å². The highest BCUT2D eigenvalue weighted by Crippen LogP contribution is 2.36. The number of carbonyl (C=O) groups is 1. The van der Waals surface area contributed by atoms with E-state index in [1.54, 1.807) is 7.05 Å². The van der Waals surface area contributed by atoms with Crippen molar-refractivity contribution in [3.05, 3.63) is 97.1 Å². The van der Waals surface area contributed by atoms with Gasteiger partial charge >= 0.3 is 5.69 Å². The van der Waals surface area contributed by atoms with Gasteiger partial charge in [-0.3, -0.25) is 23.4 Å². The Hall–Kier alpha value is -4.98. The molecule has 0 spiro atoms. The van der Waals surface area contributed by atoms with Crippen LogP contribution in [0.25, 0.3) is 22.2 Å². The summed E-state index contributed by atoms with van der Waals surface area (Å²) in [6.07, 6.45) is 1.43. The molecule has 0 saturated heterocycles. The van der Waals surface area contributed by atoms with E-state index in [9.17, 15) is 27.6 Å². The third-order valence-corrected chi connectivity index (χ3v) is 7.06. The minimum Gasteiger partial charge on any atom is -0.496 e. The molecule has 11 nitrogen and oxygen atoms in total. The van der Waals surface area contributed by atoms with Crippen LogP contribution in [0.15, 0.2) is 46.2 Å². The minimum absolute atomic E-state index is 0.0299. The number of benzene rings is 2. The van der Waals surface area contributed by atoms with E-state index in [0.717, 1.165) is 21.3 Å². The first kappa shape index (κ1) is 27.2. The summed E-state index contributed by atoms with van der Waals surface area (Å²) in [4.78, 5) is 48.1. The average molecular weight is 598 g/mol. The molecule has 5 aromatic rings. The zero-order valence-electron chi connectivity index (χ0n) is 21.9. The van der Waals surface area contributed by atoms with E-state index in [2.05, 4.69) is 20.4 Å². The highest BCUT2D eigenvalue weighted by molar-refractivity contribution is 6.33. The van der Waals surface area contributed by atoms with E-state index >= 15 is 0 Å². The maximum absolute atomic E-state index is 14.1. The molecule has 42 heavy (non-hydrogen) atoms. The summed E-state index contributed by atoms with van der Waals surface area (Å²) in [5.74, 6) is -4.58. The fourth-order valence-electron chi connectivity index (χ4n) is 4.89. The lowest BCUT2D eigenvalue weighted by Crippen LogP contribution is -2.41. The second-order valence-electron chi connectivity index (χ2n) is 9.58. The maximum atomic E-state index is 14.1. The molecule has 6 rings (SSSR count). The first-order chi connectivity index (χ1) is 20.0. The zero-order chi connectivity index (χ0) is 29.9. The third-order valence-electron chi connectivity index (χ3n) is 6.77. The number of pyridine rings is 1. The van der Waals surface area contributed by atoms with Crippen LogP contribution in [0.3, 0.4) is 0 Å². The predicted molar refractivity (Wildman–Crippen MR) is 145 cm³/mol. The molecular formula is C27H19ClF3N7O4. The summed E-state index contributed by atoms with van der Waals surface area (Å²) in [6, 6.07) is 6.03. The SMILES string of the molecule is COc1cc(-c2nc3c(cc2Cl)NC(=O)C3)cc2c1c(=O)n(Cc1ncn(C)n1)c(=O)n2Cc1cc(F)c(F)c(F)c1. The van der Waals surface area contributed by atoms with Gasteiger partial charge in [0.2, 0.25) is 5.91 Å². The standard InChI is InChI=1S/C27H19ClF3N7O4/c1-36-11-32-21(35-36)10-38-26(40)23-19(37(27(38)41)9-12-3-15(29)24(31)16(30)4-12)5-13(6-20(23)42-2)25-14(28)7-17-18(34-25)8-22(39)33-17/h3-7,11H,8-10H2,1-2H3,(H,33,39). The van der Waals surface area contributed by atoms with Gasteiger partial charge in [-0.05, 0) is 35.9 Å². The van der Waals surface area contributed by atoms with Crippen LogP contribution in [-0.4, -0.2) is 41.9 Å². The number of anilines is 1. The van der Waals surface area contributed by atoms with Crippen LogP contribution in [0, 0.1) is 17.5 Å². The molecule has 1 aliphatic heterocycles. The van der Waals surface area contributed by atoms with Crippen LogP contribution in [-0.2, 0) is 31.4 Å². The first-order valence-electron chi connectivity index (χ1n) is 12.4. The first-order valence-corrected chi connectivity index (χ1v) is 12.7. The molecule has 0 aliphatic carbocycles. The summed E-state index contributed by atoms with van der Waals surface area (Å²) < 4.78 is 50.9. The Bertz CT molecular complexity index is 2050. The van der Waals surface area contributed by atoms with Gasteiger partial charge in [0.05, 0.1) is 54.2 Å². The number of carbonyl (C=O) groups excluding carboxylic acids is 1. The number of hydrogen-bond acceptors (Lipinski definition) is 7. The van der Waals surface area contributed by atoms with E-state index in [1.165, 1.54) is 36.3 Å². The molecule has 3 aromatic heterocycles. The summed E-state index contributed by atoms with van der Waals surface area (Å²) in [6.45, 7) is -0.763. The molecule has 1 aliphatic rings. The van der Waals surface area contributed by atoms with E-state index in [1.807, 2.05) is 0 Å². The Morgan fingerprint density at radius 2 is 1.76 bits per heavy atom. The van der Waals surface area contributed by atoms with Crippen molar-refractivity contribution >= 4 is 34.1 Å². The van der Waals surface area contributed by atoms with Crippen LogP contribution in [0.1, 0.15) is 17.1 Å². The number of amides is 1. The molecule has 2 aromatic carbocycles. The van der Waals surface area contributed by atoms with Gasteiger partial charge in [0.25, 0.3) is 5.56 Å². The summed E-state index contributed by atoms with van der Waals surface area (Å²) in [5.41, 5.74) is -0.155. The Morgan fingerprint density at radius 3 is 2.43 bits per heavy atom. The molecule has 1 amide bonds. The number of halogens is 4. The van der Waals surface area contributed by atoms with Crippen LogP contribution in [0.4, 0.5) is 18.9 Å². The van der Waals surface area contributed by atoms with Gasteiger partial charge in [-0.1, -0.05) is 11.6 Å². The number of aryl methyl sites for hydroxylation is 1. The van der Waals surface area contributed by atoms with Crippen molar-refractivity contribution in [2.75, 3.05) is 12.4 Å². The highest BCUT2D eigenvalue weighted by Gasteiger charge is 2.25. The number of rotatable bonds is 6. The van der Waals surface area contributed by atoms with Crippen LogP contribution in [0.2, 0.25) is 5.02 Å². The molecule has 4 heterocycles. The fraction of sp³-hybridized carbons (Fsp3) is 0.185. The number of methoxy groups -OCH3 is 1. The third kappa shape index (κ3) is 4.59. The van der Waals surface area contributed by atoms with Crippen LogP contribution >= 0.6 is 11.6 Å². The second-order valence-corrected chi connectivity index (χ2v) is 9.99. The number of ether oxygens (including phenoxy) is 1. The number of hydrogen-bond donors (Lipinski definition) is 1. The van der Waals surface area contributed by atoms with Gasteiger partial charge < -0.3 is 10.1 Å². The van der Waals surface area contributed by atoms with E-state index in [-0.39, 0.29) is 57.6 Å². The largest absolute Gasteiger partial charge is 0.496 e. The van der Waals surface area contributed by atoms with Gasteiger partial charge in [-0.2, -0.15) is 5.10 Å². The molecule has 0 bridgehead atoms. The molecule has 214 valence electrons. The quantitative estimate of drug-likeness (QED) is 0.298. The van der Waals surface area contributed by atoms with E-state index in [0.29, 0.717) is 16.9 Å². The summed E-state index contributed by atoms with van der Waals surface area (Å²) >= 11 is 6.51. The molecule has 0 fully saturated rings. The second kappa shape index (κ2) is 10.1. The topological polar surface area (TPSA) is 126 Å². The number of nitrogens with zero attached hydrogens (tertiary/aromatic N) is 6. The Morgan fingerprint density at radius 1 is 1.02 bits per heavy atom. The molecule has 0 radical (unpaired) electrons. The van der Waals surface area contributed by atoms with Crippen molar-refractivity contribution in [3.63, 3.8) is 0 Å². The Labute approximate surface area is 238 Å². The molecular weight excluding hydrogens is 579 g/mol. The lowest BCUT2D eigenvalue weighted by molar-refractivity contribution is -0.115. The predicted octanol–water partition coefficient (Wildman–Crippen LogP) is 3.02. The molecule has 0 saturated carbocycles. The average Bonchev–Trinajstić information content (AvgIpc) is 3.53. The molecule has 0 unspecified atom stereocenters. The highest BCUT2D eigenvalue weighted by atomic mass is 35.5. The van der Waals surface area contributed by atoms with Crippen molar-refractivity contribution < 1.29 is 22.7 Å². The normalized spacial score (nSPS) is 12.6. The van der Waals surface area contributed by atoms with E-state index in [4.69, 9.17) is 16.3 Å². The number of fused-ring (bicyclic) bond motifs is 2. The number of aromatic nitrogens is 6. The fourth-order valence-corrected chi connectivity index (χ4v) is 5.15. The number of nitrogens with one attached hydrogen (secondary N) is 1. The minimum atomic E-state index is -1.66. The van der Waals surface area contributed by atoms with Gasteiger partial charge in [-0.15, -0.1) is 0 Å². The summed E-state index contributed by atoms with van der Waals surface area (Å²) in [7, 11) is 2.94. The zero-order valence-corrected chi connectivity index (χ0v) is 22.7. The monoisotopic (exact) mass is 597 g/mol. The van der Waals surface area contributed by atoms with Crippen molar-refractivity contribution in [3.8, 4) is 17.0 Å². The maximum Gasteiger partial charge on any atom is 0.332 e. The van der Waals surface area contributed by atoms with E-state index < -0.39 is 35.2 Å². The van der Waals surface area contributed by atoms with Crippen molar-refractivity contribution in [2.24, 2.45) is 7.05 Å². The summed E-state index contributed by atoms with van der Waals surface area (Å²) in [5, 5.41) is 6.93. The lowest BCUT2D eigenvalue weighted by atomic mass is 10.1. The lowest BCUT2D eigenvalue weighted by Gasteiger charge is -2.17. The van der Waals surface area contributed by atoms with Crippen molar-refractivity contribution in [1.29, 1.82) is 0 Å².